The molecule has 29 heavy (non-hydrogen) atoms. The molecule has 3 aromatic rings. The lowest BCUT2D eigenvalue weighted by molar-refractivity contribution is -0.129. The molecule has 0 unspecified atom stereocenters. The summed E-state index contributed by atoms with van der Waals surface area (Å²) < 4.78 is 0. The van der Waals surface area contributed by atoms with Gasteiger partial charge in [-0.05, 0) is 37.0 Å². The van der Waals surface area contributed by atoms with Crippen LogP contribution in [0.3, 0.4) is 0 Å². The molecule has 0 bridgehead atoms. The summed E-state index contributed by atoms with van der Waals surface area (Å²) in [4.78, 5) is 14.8. The number of carbonyl (C=O) groups excluding carboxylic acids is 1. The number of carbonyl (C=O) groups is 1. The van der Waals surface area contributed by atoms with Crippen molar-refractivity contribution in [3.05, 3.63) is 112 Å². The molecular formula is C26H25NO2. The van der Waals surface area contributed by atoms with Gasteiger partial charge in [-0.25, -0.2) is 0 Å². The highest BCUT2D eigenvalue weighted by atomic mass is 16.3. The first-order valence-corrected chi connectivity index (χ1v) is 9.96. The number of aliphatic hydroxyl groups excluding tert-OH is 1. The summed E-state index contributed by atoms with van der Waals surface area (Å²) in [6, 6.07) is 26.0. The van der Waals surface area contributed by atoms with E-state index in [1.807, 2.05) is 56.3 Å². The van der Waals surface area contributed by atoms with Gasteiger partial charge in [0.2, 0.25) is 0 Å². The standard InChI is InChI=1S/C26H25NO2/c1-18-8-12-21(13-9-18)23-24(22-14-10-19(2)11-15-22)27(26(29)25(23)28)17-16-20-6-4-3-5-7-20/h3-15,24,28H,16-17H2,1-2H3/t24-/m1/s1. The molecule has 1 amide bonds. The van der Waals surface area contributed by atoms with Crippen molar-refractivity contribution >= 4 is 11.5 Å². The second-order valence-electron chi connectivity index (χ2n) is 7.68. The van der Waals surface area contributed by atoms with Gasteiger partial charge in [0.15, 0.2) is 5.76 Å². The summed E-state index contributed by atoms with van der Waals surface area (Å²) >= 11 is 0. The van der Waals surface area contributed by atoms with Crippen molar-refractivity contribution in [2.75, 3.05) is 6.54 Å². The maximum Gasteiger partial charge on any atom is 0.289 e. The summed E-state index contributed by atoms with van der Waals surface area (Å²) in [5, 5.41) is 10.8. The number of aryl methyl sites for hydroxylation is 2. The Morgan fingerprint density at radius 2 is 1.41 bits per heavy atom. The van der Waals surface area contributed by atoms with Crippen LogP contribution >= 0.6 is 0 Å². The third-order valence-corrected chi connectivity index (χ3v) is 5.54. The molecule has 146 valence electrons. The van der Waals surface area contributed by atoms with Gasteiger partial charge < -0.3 is 10.0 Å². The topological polar surface area (TPSA) is 40.5 Å². The fraction of sp³-hybridized carbons (Fsp3) is 0.192. The highest BCUT2D eigenvalue weighted by Gasteiger charge is 2.40. The number of rotatable bonds is 5. The lowest BCUT2D eigenvalue weighted by atomic mass is 9.92. The quantitative estimate of drug-likeness (QED) is 0.641. The van der Waals surface area contributed by atoms with Gasteiger partial charge in [0, 0.05) is 12.1 Å². The van der Waals surface area contributed by atoms with E-state index in [4.69, 9.17) is 0 Å². The zero-order chi connectivity index (χ0) is 20.4. The van der Waals surface area contributed by atoms with E-state index >= 15 is 0 Å². The number of benzene rings is 3. The second-order valence-corrected chi connectivity index (χ2v) is 7.68. The third kappa shape index (κ3) is 3.81. The van der Waals surface area contributed by atoms with Gasteiger partial charge in [0.25, 0.3) is 5.91 Å². The minimum Gasteiger partial charge on any atom is -0.503 e. The number of hydrogen-bond acceptors (Lipinski definition) is 2. The smallest absolute Gasteiger partial charge is 0.289 e. The Hall–Kier alpha value is -3.33. The molecule has 1 atom stereocenters. The summed E-state index contributed by atoms with van der Waals surface area (Å²) in [6.07, 6.45) is 0.739. The maximum atomic E-state index is 13.0. The molecule has 0 aromatic heterocycles. The zero-order valence-electron chi connectivity index (χ0n) is 16.8. The zero-order valence-corrected chi connectivity index (χ0v) is 16.8. The first kappa shape index (κ1) is 19.0. The van der Waals surface area contributed by atoms with E-state index < -0.39 is 0 Å². The third-order valence-electron chi connectivity index (χ3n) is 5.54. The van der Waals surface area contributed by atoms with Crippen molar-refractivity contribution in [3.8, 4) is 0 Å². The molecule has 1 aliphatic rings. The molecule has 0 saturated carbocycles. The fourth-order valence-electron chi connectivity index (χ4n) is 3.90. The minimum absolute atomic E-state index is 0.146. The Morgan fingerprint density at radius 1 is 0.828 bits per heavy atom. The molecule has 1 aliphatic heterocycles. The average molecular weight is 383 g/mol. The molecule has 4 rings (SSSR count). The fourth-order valence-corrected chi connectivity index (χ4v) is 3.90. The second kappa shape index (κ2) is 7.96. The molecule has 3 heteroatoms. The molecule has 3 aromatic carbocycles. The van der Waals surface area contributed by atoms with Crippen LogP contribution in [0.2, 0.25) is 0 Å². The van der Waals surface area contributed by atoms with Crippen molar-refractivity contribution in [3.63, 3.8) is 0 Å². The number of amides is 1. The summed E-state index contributed by atoms with van der Waals surface area (Å²) in [5.74, 6) is -0.449. The Bertz CT molecular complexity index is 1030. The molecule has 0 saturated heterocycles. The van der Waals surface area contributed by atoms with Gasteiger partial charge in [0.05, 0.1) is 6.04 Å². The van der Waals surface area contributed by atoms with Crippen molar-refractivity contribution in [2.45, 2.75) is 26.3 Å². The van der Waals surface area contributed by atoms with Crippen LogP contribution in [0.4, 0.5) is 0 Å². The van der Waals surface area contributed by atoms with Crippen LogP contribution in [-0.2, 0) is 11.2 Å². The number of nitrogens with zero attached hydrogens (tertiary/aromatic N) is 1. The SMILES string of the molecule is Cc1ccc(C2=C(O)C(=O)N(CCc3ccccc3)[C@@H]2c2ccc(C)cc2)cc1. The first-order chi connectivity index (χ1) is 14.0. The van der Waals surface area contributed by atoms with Crippen molar-refractivity contribution in [1.29, 1.82) is 0 Å². The van der Waals surface area contributed by atoms with E-state index in [2.05, 4.69) is 36.4 Å². The molecule has 0 aliphatic carbocycles. The predicted molar refractivity (Wildman–Crippen MR) is 117 cm³/mol. The van der Waals surface area contributed by atoms with Gasteiger partial charge in [-0.1, -0.05) is 90.0 Å². The summed E-state index contributed by atoms with van der Waals surface area (Å²) in [5.41, 5.74) is 6.06. The highest BCUT2D eigenvalue weighted by Crippen LogP contribution is 2.43. The van der Waals surface area contributed by atoms with Gasteiger partial charge in [-0.15, -0.1) is 0 Å². The predicted octanol–water partition coefficient (Wildman–Crippen LogP) is 5.40. The Morgan fingerprint density at radius 3 is 2.03 bits per heavy atom. The molecule has 0 fully saturated rings. The number of hydrogen-bond donors (Lipinski definition) is 1. The van der Waals surface area contributed by atoms with E-state index in [1.165, 1.54) is 11.1 Å². The van der Waals surface area contributed by atoms with E-state index in [-0.39, 0.29) is 17.7 Å². The summed E-state index contributed by atoms with van der Waals surface area (Å²) in [7, 11) is 0. The van der Waals surface area contributed by atoms with Crippen molar-refractivity contribution in [2.24, 2.45) is 0 Å². The van der Waals surface area contributed by atoms with Gasteiger partial charge in [-0.2, -0.15) is 0 Å². The Balaban J connectivity index is 1.73. The van der Waals surface area contributed by atoms with E-state index in [1.54, 1.807) is 4.90 Å². The van der Waals surface area contributed by atoms with Crippen LogP contribution in [0.1, 0.15) is 33.9 Å². The van der Waals surface area contributed by atoms with Gasteiger partial charge in [0.1, 0.15) is 0 Å². The molecular weight excluding hydrogens is 358 g/mol. The van der Waals surface area contributed by atoms with Gasteiger partial charge >= 0.3 is 0 Å². The van der Waals surface area contributed by atoms with Gasteiger partial charge in [-0.3, -0.25) is 4.79 Å². The van der Waals surface area contributed by atoms with Crippen LogP contribution < -0.4 is 0 Å². The van der Waals surface area contributed by atoms with Crippen LogP contribution in [-0.4, -0.2) is 22.5 Å². The van der Waals surface area contributed by atoms with E-state index in [0.29, 0.717) is 12.1 Å². The lowest BCUT2D eigenvalue weighted by Gasteiger charge is -2.27. The lowest BCUT2D eigenvalue weighted by Crippen LogP contribution is -2.32. The van der Waals surface area contributed by atoms with Crippen LogP contribution in [0.15, 0.2) is 84.6 Å². The Labute approximate surface area is 171 Å². The average Bonchev–Trinajstić information content (AvgIpc) is 2.99. The van der Waals surface area contributed by atoms with E-state index in [9.17, 15) is 9.90 Å². The monoisotopic (exact) mass is 383 g/mol. The largest absolute Gasteiger partial charge is 0.503 e. The van der Waals surface area contributed by atoms with Crippen molar-refractivity contribution in [1.82, 2.24) is 4.90 Å². The normalized spacial score (nSPS) is 16.6. The van der Waals surface area contributed by atoms with Crippen molar-refractivity contribution < 1.29 is 9.90 Å². The van der Waals surface area contributed by atoms with Crippen LogP contribution in [0.5, 0.6) is 0 Å². The van der Waals surface area contributed by atoms with E-state index in [0.717, 1.165) is 23.1 Å². The Kier molecular flexibility index (Phi) is 5.22. The first-order valence-electron chi connectivity index (χ1n) is 9.96. The summed E-state index contributed by atoms with van der Waals surface area (Å²) in [6.45, 7) is 4.62. The highest BCUT2D eigenvalue weighted by molar-refractivity contribution is 6.05. The minimum atomic E-state index is -0.304. The molecule has 1 N–H and O–H groups in total. The maximum absolute atomic E-state index is 13.0. The molecule has 3 nitrogen and oxygen atoms in total. The molecule has 0 spiro atoms. The molecule has 1 heterocycles. The molecule has 0 radical (unpaired) electrons. The van der Waals surface area contributed by atoms with Crippen LogP contribution in [0, 0.1) is 13.8 Å². The van der Waals surface area contributed by atoms with Crippen LogP contribution in [0.25, 0.3) is 5.57 Å². The number of aliphatic hydroxyl groups is 1.